The highest BCUT2D eigenvalue weighted by Crippen LogP contribution is 2.39. The molecule has 2 amide bonds. The number of ether oxygens (including phenoxy) is 2. The van der Waals surface area contributed by atoms with Gasteiger partial charge in [0.05, 0.1) is 18.8 Å². The van der Waals surface area contributed by atoms with Gasteiger partial charge in [-0.25, -0.2) is 15.4 Å². The normalized spacial score (nSPS) is 17.7. The number of unbranched alkanes of at least 4 members (excludes halogenated alkanes) is 1. The fourth-order valence-corrected chi connectivity index (χ4v) is 6.06. The van der Waals surface area contributed by atoms with Crippen molar-refractivity contribution < 1.29 is 29.4 Å². The fourth-order valence-electron chi connectivity index (χ4n) is 5.24. The van der Waals surface area contributed by atoms with E-state index in [4.69, 9.17) is 14.7 Å². The number of hydroxylamine groups is 1. The van der Waals surface area contributed by atoms with Gasteiger partial charge in [0.2, 0.25) is 11.8 Å². The van der Waals surface area contributed by atoms with Crippen molar-refractivity contribution in [3.8, 4) is 11.1 Å². The Kier molecular flexibility index (Phi) is 12.3. The van der Waals surface area contributed by atoms with Crippen LogP contribution in [0.3, 0.4) is 0 Å². The summed E-state index contributed by atoms with van der Waals surface area (Å²) >= 11 is 1.55. The minimum Gasteiger partial charge on any atom is -0.392 e. The van der Waals surface area contributed by atoms with Crippen molar-refractivity contribution in [1.82, 2.24) is 20.8 Å². The zero-order chi connectivity index (χ0) is 32.1. The van der Waals surface area contributed by atoms with Crippen LogP contribution in [0.25, 0.3) is 11.1 Å². The largest absolute Gasteiger partial charge is 0.392 e. The monoisotopic (exact) mass is 642 g/mol. The summed E-state index contributed by atoms with van der Waals surface area (Å²) in [5.74, 6) is 0.130. The number of benzene rings is 3. The lowest BCUT2D eigenvalue weighted by Crippen LogP contribution is -2.31. The molecule has 3 unspecified atom stereocenters. The summed E-state index contributed by atoms with van der Waals surface area (Å²) in [6.07, 6.45) is 4.82. The molecule has 4 N–H and O–H groups in total. The highest BCUT2D eigenvalue weighted by Gasteiger charge is 2.32. The molecular formula is C35H38N4O6S. The first-order valence-electron chi connectivity index (χ1n) is 15.3. The Hall–Kier alpha value is -4.13. The van der Waals surface area contributed by atoms with Crippen molar-refractivity contribution in [3.63, 3.8) is 0 Å². The van der Waals surface area contributed by atoms with Crippen LogP contribution in [0.1, 0.15) is 66.8 Å². The van der Waals surface area contributed by atoms with E-state index in [-0.39, 0.29) is 31.1 Å². The van der Waals surface area contributed by atoms with E-state index in [0.717, 1.165) is 33.4 Å². The molecule has 2 heterocycles. The number of thioether (sulfide) groups is 1. The van der Waals surface area contributed by atoms with Crippen LogP contribution < -0.4 is 10.8 Å². The number of aliphatic hydroxyl groups excluding tert-OH is 1. The standard InChI is InChI=1S/C35H38N4O6S/c40-22-24-10-12-26(13-11-24)31-20-29(23-46-35-36-18-5-19-37-35)44-34(45-31)27-16-14-25(15-17-27)30-7-2-1-6-28(30)21-38-32(41)8-3-4-9-33(42)39-43/h1-2,5-7,10-19,29,31,34,40,43H,3-4,8-9,20-23H2,(H,38,41)(H,39,42). The van der Waals surface area contributed by atoms with Crippen LogP contribution in [0.2, 0.25) is 0 Å². The van der Waals surface area contributed by atoms with Gasteiger partial charge in [0.25, 0.3) is 0 Å². The van der Waals surface area contributed by atoms with Crippen molar-refractivity contribution in [2.24, 2.45) is 0 Å². The molecule has 240 valence electrons. The molecule has 1 aromatic heterocycles. The first-order valence-corrected chi connectivity index (χ1v) is 16.3. The Morgan fingerprint density at radius 1 is 0.848 bits per heavy atom. The predicted octanol–water partition coefficient (Wildman–Crippen LogP) is 5.66. The van der Waals surface area contributed by atoms with Gasteiger partial charge in [0, 0.05) is 49.5 Å². The third kappa shape index (κ3) is 9.44. The van der Waals surface area contributed by atoms with E-state index in [1.807, 2.05) is 72.8 Å². The third-order valence-corrected chi connectivity index (χ3v) is 8.73. The number of aromatic nitrogens is 2. The summed E-state index contributed by atoms with van der Waals surface area (Å²) in [5.41, 5.74) is 7.38. The first kappa shape index (κ1) is 33.2. The quantitative estimate of drug-likeness (QED) is 0.0451. The SMILES string of the molecule is O=C(CCCCC(=O)NCc1ccccc1-c1ccc(C2OC(CSc3ncccn3)CC(c3ccc(CO)cc3)O2)cc1)NO. The van der Waals surface area contributed by atoms with Gasteiger partial charge in [-0.2, -0.15) is 0 Å². The minimum absolute atomic E-state index is 0.0108. The molecule has 10 nitrogen and oxygen atoms in total. The lowest BCUT2D eigenvalue weighted by molar-refractivity contribution is -0.245. The molecule has 11 heteroatoms. The number of nitrogens with zero attached hydrogens (tertiary/aromatic N) is 2. The average Bonchev–Trinajstić information content (AvgIpc) is 3.12. The van der Waals surface area contributed by atoms with E-state index in [1.165, 1.54) is 0 Å². The van der Waals surface area contributed by atoms with Crippen molar-refractivity contribution in [3.05, 3.63) is 114 Å². The molecule has 0 radical (unpaired) electrons. The number of amides is 2. The second-order valence-electron chi connectivity index (χ2n) is 11.0. The van der Waals surface area contributed by atoms with E-state index in [0.29, 0.717) is 43.1 Å². The average molecular weight is 643 g/mol. The predicted molar refractivity (Wildman–Crippen MR) is 173 cm³/mol. The first-order chi connectivity index (χ1) is 22.5. The Labute approximate surface area is 272 Å². The van der Waals surface area contributed by atoms with Crippen molar-refractivity contribution in [2.45, 2.75) is 68.9 Å². The number of carbonyl (C=O) groups is 2. The molecule has 1 saturated heterocycles. The Morgan fingerprint density at radius 2 is 1.54 bits per heavy atom. The molecule has 1 fully saturated rings. The van der Waals surface area contributed by atoms with Crippen LogP contribution in [0.5, 0.6) is 0 Å². The maximum absolute atomic E-state index is 12.4. The number of hydrogen-bond acceptors (Lipinski definition) is 9. The van der Waals surface area contributed by atoms with Gasteiger partial charge in [0.15, 0.2) is 11.4 Å². The summed E-state index contributed by atoms with van der Waals surface area (Å²) < 4.78 is 13.0. The molecule has 0 saturated carbocycles. The van der Waals surface area contributed by atoms with Crippen LogP contribution in [-0.2, 0) is 32.2 Å². The smallest absolute Gasteiger partial charge is 0.243 e. The summed E-state index contributed by atoms with van der Waals surface area (Å²) in [7, 11) is 0. The second-order valence-corrected chi connectivity index (χ2v) is 12.0. The highest BCUT2D eigenvalue weighted by atomic mass is 32.2. The van der Waals surface area contributed by atoms with E-state index in [9.17, 15) is 14.7 Å². The molecule has 1 aliphatic rings. The zero-order valence-electron chi connectivity index (χ0n) is 25.4. The van der Waals surface area contributed by atoms with Gasteiger partial charge in [-0.3, -0.25) is 14.8 Å². The molecule has 0 spiro atoms. The number of rotatable bonds is 14. The number of nitrogens with one attached hydrogen (secondary N) is 2. The highest BCUT2D eigenvalue weighted by molar-refractivity contribution is 7.99. The van der Waals surface area contributed by atoms with Gasteiger partial charge in [-0.05, 0) is 46.7 Å². The molecule has 3 aromatic carbocycles. The summed E-state index contributed by atoms with van der Waals surface area (Å²) in [4.78, 5) is 32.2. The van der Waals surface area contributed by atoms with Crippen LogP contribution in [0.15, 0.2) is 96.4 Å². The van der Waals surface area contributed by atoms with Gasteiger partial charge < -0.3 is 19.9 Å². The minimum atomic E-state index is -0.578. The molecular weight excluding hydrogens is 604 g/mol. The van der Waals surface area contributed by atoms with Crippen molar-refractivity contribution >= 4 is 23.6 Å². The molecule has 3 atom stereocenters. The van der Waals surface area contributed by atoms with E-state index in [1.54, 1.807) is 35.7 Å². The van der Waals surface area contributed by atoms with E-state index < -0.39 is 12.2 Å². The molecule has 0 bridgehead atoms. The Morgan fingerprint density at radius 3 is 2.26 bits per heavy atom. The molecule has 46 heavy (non-hydrogen) atoms. The lowest BCUT2D eigenvalue weighted by atomic mass is 9.97. The summed E-state index contributed by atoms with van der Waals surface area (Å²) in [6, 6.07) is 25.7. The van der Waals surface area contributed by atoms with Crippen molar-refractivity contribution in [2.75, 3.05) is 5.75 Å². The van der Waals surface area contributed by atoms with E-state index in [2.05, 4.69) is 15.3 Å². The number of aliphatic hydroxyl groups is 1. The van der Waals surface area contributed by atoms with Gasteiger partial charge in [0.1, 0.15) is 0 Å². The molecule has 1 aliphatic heterocycles. The van der Waals surface area contributed by atoms with Crippen LogP contribution in [0.4, 0.5) is 0 Å². The fraction of sp³-hybridized carbons (Fsp3) is 0.314. The maximum atomic E-state index is 12.4. The van der Waals surface area contributed by atoms with Gasteiger partial charge in [-0.1, -0.05) is 84.6 Å². The molecule has 4 aromatic rings. The topological polar surface area (TPSA) is 143 Å². The molecule has 0 aliphatic carbocycles. The van der Waals surface area contributed by atoms with Gasteiger partial charge >= 0.3 is 0 Å². The van der Waals surface area contributed by atoms with Crippen LogP contribution in [0, 0.1) is 0 Å². The van der Waals surface area contributed by atoms with E-state index >= 15 is 0 Å². The Balaban J connectivity index is 1.25. The van der Waals surface area contributed by atoms with Gasteiger partial charge in [-0.15, -0.1) is 0 Å². The van der Waals surface area contributed by atoms with Crippen LogP contribution in [-0.4, -0.2) is 44.0 Å². The maximum Gasteiger partial charge on any atom is 0.243 e. The summed E-state index contributed by atoms with van der Waals surface area (Å²) in [5, 5.41) is 21.7. The Bertz CT molecular complexity index is 1560. The number of hydrogen-bond donors (Lipinski definition) is 4. The third-order valence-electron chi connectivity index (χ3n) is 7.72. The number of carbonyl (C=O) groups excluding carboxylic acids is 2. The van der Waals surface area contributed by atoms with Crippen LogP contribution >= 0.6 is 11.8 Å². The lowest BCUT2D eigenvalue weighted by Gasteiger charge is -2.36. The zero-order valence-corrected chi connectivity index (χ0v) is 26.2. The van der Waals surface area contributed by atoms with Crippen molar-refractivity contribution in [1.29, 1.82) is 0 Å². The molecule has 5 rings (SSSR count). The summed E-state index contributed by atoms with van der Waals surface area (Å²) in [6.45, 7) is 0.368. The second kappa shape index (κ2) is 17.0.